The van der Waals surface area contributed by atoms with Gasteiger partial charge in [0.15, 0.2) is 4.34 Å². The lowest BCUT2D eigenvalue weighted by atomic mass is 9.86. The molecule has 1 atom stereocenters. The number of nitrogens with one attached hydrogen (secondary N) is 1. The average Bonchev–Trinajstić information content (AvgIpc) is 3.11. The van der Waals surface area contributed by atoms with E-state index in [0.29, 0.717) is 10.4 Å². The normalized spacial score (nSPS) is 24.7. The molecule has 3 fully saturated rings. The van der Waals surface area contributed by atoms with E-state index in [1.54, 1.807) is 6.20 Å². The number of benzene rings is 1. The van der Waals surface area contributed by atoms with Crippen LogP contribution in [0.1, 0.15) is 34.5 Å². The molecule has 128 valence electrons. The smallest absolute Gasteiger partial charge is 0.252 e. The van der Waals surface area contributed by atoms with E-state index in [1.807, 2.05) is 24.3 Å². The van der Waals surface area contributed by atoms with Gasteiger partial charge in [-0.2, -0.15) is 5.26 Å². The maximum absolute atomic E-state index is 12.5. The van der Waals surface area contributed by atoms with Crippen molar-refractivity contribution in [3.63, 3.8) is 0 Å². The molecular weight excluding hydrogens is 352 g/mol. The van der Waals surface area contributed by atoms with Crippen LogP contribution in [-0.2, 0) is 0 Å². The van der Waals surface area contributed by atoms with Crippen molar-refractivity contribution in [1.82, 2.24) is 15.2 Å². The highest BCUT2D eigenvalue weighted by molar-refractivity contribution is 8.01. The van der Waals surface area contributed by atoms with Crippen LogP contribution in [0.15, 0.2) is 39.7 Å². The minimum Gasteiger partial charge on any atom is -0.336 e. The van der Waals surface area contributed by atoms with Crippen LogP contribution in [0.25, 0.3) is 0 Å². The molecule has 2 bridgehead atoms. The lowest BCUT2D eigenvalue weighted by Gasteiger charge is -2.45. The number of nitrogens with zero attached hydrogens (tertiary/aromatic N) is 3. The molecule has 1 aromatic carbocycles. The van der Waals surface area contributed by atoms with Crippen molar-refractivity contribution < 1.29 is 4.79 Å². The molecule has 1 N–H and O–H groups in total. The molecule has 3 aliphatic heterocycles. The van der Waals surface area contributed by atoms with E-state index < -0.39 is 0 Å². The van der Waals surface area contributed by atoms with Crippen molar-refractivity contribution in [2.75, 3.05) is 13.1 Å². The summed E-state index contributed by atoms with van der Waals surface area (Å²) in [6.07, 6.45) is 5.38. The third kappa shape index (κ3) is 3.71. The van der Waals surface area contributed by atoms with Gasteiger partial charge in [0, 0.05) is 23.5 Å². The lowest BCUT2D eigenvalue weighted by Crippen LogP contribution is -2.56. The molecule has 1 unspecified atom stereocenters. The molecule has 4 heterocycles. The Balaban J connectivity index is 1.38. The average molecular weight is 371 g/mol. The molecule has 0 saturated carbocycles. The first-order valence-electron chi connectivity index (χ1n) is 8.40. The third-order valence-corrected chi connectivity index (χ3v) is 6.85. The van der Waals surface area contributed by atoms with Crippen LogP contribution in [0.5, 0.6) is 0 Å². The summed E-state index contributed by atoms with van der Waals surface area (Å²) in [5.41, 5.74) is 0.684. The zero-order valence-corrected chi connectivity index (χ0v) is 15.3. The van der Waals surface area contributed by atoms with Gasteiger partial charge in [-0.25, -0.2) is 4.98 Å². The van der Waals surface area contributed by atoms with Gasteiger partial charge in [0.25, 0.3) is 5.91 Å². The molecular formula is C18H18N4OS2. The van der Waals surface area contributed by atoms with Crippen LogP contribution in [0, 0.1) is 17.2 Å². The Hall–Kier alpha value is -1.88. The number of fused-ring (bicyclic) bond motifs is 3. The predicted octanol–water partition coefficient (Wildman–Crippen LogP) is 3.34. The van der Waals surface area contributed by atoms with Crippen LogP contribution in [-0.4, -0.2) is 35.0 Å². The quantitative estimate of drug-likeness (QED) is 0.894. The van der Waals surface area contributed by atoms with Crippen molar-refractivity contribution in [2.45, 2.75) is 34.7 Å². The second kappa shape index (κ2) is 7.16. The van der Waals surface area contributed by atoms with Crippen molar-refractivity contribution in [3.8, 4) is 6.07 Å². The number of carbonyl (C=O) groups excluding carboxylic acids is 1. The molecule has 2 aromatic rings. The number of rotatable bonds is 4. The topological polar surface area (TPSA) is 69.0 Å². The first-order valence-corrected chi connectivity index (χ1v) is 10.0. The number of nitriles is 1. The van der Waals surface area contributed by atoms with E-state index in [1.165, 1.54) is 35.9 Å². The zero-order chi connectivity index (χ0) is 17.2. The molecule has 0 aliphatic carbocycles. The number of thiazole rings is 1. The molecule has 7 heteroatoms. The Labute approximate surface area is 155 Å². The summed E-state index contributed by atoms with van der Waals surface area (Å²) >= 11 is 2.88. The number of hydrogen-bond acceptors (Lipinski definition) is 6. The summed E-state index contributed by atoms with van der Waals surface area (Å²) in [6, 6.07) is 9.66. The SMILES string of the molecule is N#Cc1cnc(Sc2ccc(C(=O)NC3CC4CCN3CC4)cc2)s1. The fourth-order valence-electron chi connectivity index (χ4n) is 3.48. The van der Waals surface area contributed by atoms with Crippen LogP contribution >= 0.6 is 23.1 Å². The highest BCUT2D eigenvalue weighted by Gasteiger charge is 2.34. The number of carbonyl (C=O) groups is 1. The van der Waals surface area contributed by atoms with Gasteiger partial charge in [0.2, 0.25) is 0 Å². The summed E-state index contributed by atoms with van der Waals surface area (Å²) in [5.74, 6) is 0.765. The van der Waals surface area contributed by atoms with Gasteiger partial charge in [-0.3, -0.25) is 9.69 Å². The molecule has 0 radical (unpaired) electrons. The monoisotopic (exact) mass is 370 g/mol. The summed E-state index contributed by atoms with van der Waals surface area (Å²) in [4.78, 5) is 20.7. The highest BCUT2D eigenvalue weighted by atomic mass is 32.2. The number of piperidine rings is 3. The van der Waals surface area contributed by atoms with E-state index in [4.69, 9.17) is 5.26 Å². The second-order valence-electron chi connectivity index (χ2n) is 6.43. The fraction of sp³-hybridized carbons (Fsp3) is 0.389. The highest BCUT2D eigenvalue weighted by Crippen LogP contribution is 2.32. The Morgan fingerprint density at radius 2 is 2.08 bits per heavy atom. The van der Waals surface area contributed by atoms with Crippen LogP contribution < -0.4 is 5.32 Å². The van der Waals surface area contributed by atoms with Crippen LogP contribution in [0.2, 0.25) is 0 Å². The fourth-order valence-corrected chi connectivity index (χ4v) is 5.23. The molecule has 25 heavy (non-hydrogen) atoms. The lowest BCUT2D eigenvalue weighted by molar-refractivity contribution is 0.0295. The Bertz CT molecular complexity index is 803. The van der Waals surface area contributed by atoms with E-state index >= 15 is 0 Å². The summed E-state index contributed by atoms with van der Waals surface area (Å²) < 4.78 is 0.833. The Morgan fingerprint density at radius 1 is 1.32 bits per heavy atom. The van der Waals surface area contributed by atoms with Gasteiger partial charge < -0.3 is 5.32 Å². The van der Waals surface area contributed by atoms with Gasteiger partial charge in [0.05, 0.1) is 12.4 Å². The van der Waals surface area contributed by atoms with Crippen molar-refractivity contribution in [3.05, 3.63) is 40.9 Å². The van der Waals surface area contributed by atoms with Gasteiger partial charge in [0.1, 0.15) is 10.9 Å². The van der Waals surface area contributed by atoms with Crippen LogP contribution in [0.4, 0.5) is 0 Å². The summed E-state index contributed by atoms with van der Waals surface area (Å²) in [6.45, 7) is 2.20. The summed E-state index contributed by atoms with van der Waals surface area (Å²) in [5, 5.41) is 12.0. The minimum atomic E-state index is -0.00452. The first-order chi connectivity index (χ1) is 12.2. The van der Waals surface area contributed by atoms with Crippen molar-refractivity contribution in [2.24, 2.45) is 5.92 Å². The van der Waals surface area contributed by atoms with Gasteiger partial charge in [-0.05, 0) is 49.4 Å². The molecule has 1 amide bonds. The Kier molecular flexibility index (Phi) is 4.75. The van der Waals surface area contributed by atoms with Crippen LogP contribution in [0.3, 0.4) is 0 Å². The standard InChI is InChI=1S/C18H18N4OS2/c19-10-15-11-20-18(25-15)24-14-3-1-13(2-4-14)17(23)21-16-9-12-5-7-22(16)8-6-12/h1-4,11-12,16H,5-9H2,(H,21,23). The van der Waals surface area contributed by atoms with E-state index in [0.717, 1.165) is 34.7 Å². The number of amides is 1. The van der Waals surface area contributed by atoms with Crippen molar-refractivity contribution >= 4 is 29.0 Å². The van der Waals surface area contributed by atoms with E-state index in [-0.39, 0.29) is 12.1 Å². The predicted molar refractivity (Wildman–Crippen MR) is 97.6 cm³/mol. The second-order valence-corrected chi connectivity index (χ2v) is 8.78. The van der Waals surface area contributed by atoms with Crippen molar-refractivity contribution in [1.29, 1.82) is 5.26 Å². The number of aromatic nitrogens is 1. The molecule has 3 saturated heterocycles. The molecule has 0 spiro atoms. The third-order valence-electron chi connectivity index (χ3n) is 4.86. The van der Waals surface area contributed by atoms with E-state index in [9.17, 15) is 4.79 Å². The molecule has 5 rings (SSSR count). The maximum Gasteiger partial charge on any atom is 0.252 e. The Morgan fingerprint density at radius 3 is 2.68 bits per heavy atom. The zero-order valence-electron chi connectivity index (χ0n) is 13.6. The largest absolute Gasteiger partial charge is 0.336 e. The minimum absolute atomic E-state index is 0.00452. The maximum atomic E-state index is 12.5. The van der Waals surface area contributed by atoms with E-state index in [2.05, 4.69) is 21.3 Å². The number of hydrogen-bond donors (Lipinski definition) is 1. The molecule has 1 aromatic heterocycles. The summed E-state index contributed by atoms with van der Waals surface area (Å²) in [7, 11) is 0. The van der Waals surface area contributed by atoms with Gasteiger partial charge in [-0.15, -0.1) is 0 Å². The first kappa shape index (κ1) is 16.6. The van der Waals surface area contributed by atoms with Gasteiger partial charge in [-0.1, -0.05) is 23.1 Å². The molecule has 5 nitrogen and oxygen atoms in total. The van der Waals surface area contributed by atoms with Gasteiger partial charge >= 0.3 is 0 Å². The molecule has 3 aliphatic rings.